The predicted molar refractivity (Wildman–Crippen MR) is 83.7 cm³/mol. The fourth-order valence-corrected chi connectivity index (χ4v) is 3.41. The Kier molecular flexibility index (Phi) is 4.84. The summed E-state index contributed by atoms with van der Waals surface area (Å²) in [7, 11) is 1.67. The summed E-state index contributed by atoms with van der Waals surface area (Å²) in [5.74, 6) is 0. The SMILES string of the molecule is Cn1c(C(C)(C)C)csc1=Nc1cc(C(F)(F)F)cc(C(F)(F)F)c1. The molecule has 0 saturated heterocycles. The van der Waals surface area contributed by atoms with Crippen LogP contribution in [0.4, 0.5) is 32.0 Å². The Balaban J connectivity index is 2.66. The lowest BCUT2D eigenvalue weighted by Gasteiger charge is -2.18. The van der Waals surface area contributed by atoms with Crippen molar-refractivity contribution in [1.29, 1.82) is 0 Å². The lowest BCUT2D eigenvalue weighted by atomic mass is 9.93. The zero-order valence-corrected chi connectivity index (χ0v) is 14.7. The molecule has 1 heterocycles. The maximum absolute atomic E-state index is 12.9. The molecule has 2 rings (SSSR count). The highest BCUT2D eigenvalue weighted by atomic mass is 32.1. The summed E-state index contributed by atoms with van der Waals surface area (Å²) in [5.41, 5.74) is -2.50. The van der Waals surface area contributed by atoms with Crippen molar-refractivity contribution < 1.29 is 26.3 Å². The van der Waals surface area contributed by atoms with Gasteiger partial charge in [-0.15, -0.1) is 11.3 Å². The molecule has 0 saturated carbocycles. The number of aromatic nitrogens is 1. The normalized spacial score (nSPS) is 14.2. The van der Waals surface area contributed by atoms with Crippen LogP contribution < -0.4 is 4.80 Å². The molecule has 0 bridgehead atoms. The number of hydrogen-bond acceptors (Lipinski definition) is 2. The van der Waals surface area contributed by atoms with Crippen molar-refractivity contribution in [2.45, 2.75) is 38.5 Å². The van der Waals surface area contributed by atoms with E-state index >= 15 is 0 Å². The summed E-state index contributed by atoms with van der Waals surface area (Å²) in [5, 5.41) is 1.79. The summed E-state index contributed by atoms with van der Waals surface area (Å²) >= 11 is 1.16. The van der Waals surface area contributed by atoms with Gasteiger partial charge in [-0.05, 0) is 18.2 Å². The maximum Gasteiger partial charge on any atom is 0.416 e. The summed E-state index contributed by atoms with van der Waals surface area (Å²) in [4.78, 5) is 4.32. The maximum atomic E-state index is 12.9. The van der Waals surface area contributed by atoms with Gasteiger partial charge in [0.25, 0.3) is 0 Å². The predicted octanol–water partition coefficient (Wildman–Crippen LogP) is 5.65. The molecule has 1 aromatic heterocycles. The van der Waals surface area contributed by atoms with E-state index in [0.717, 1.165) is 17.0 Å². The fourth-order valence-electron chi connectivity index (χ4n) is 2.26. The van der Waals surface area contributed by atoms with E-state index in [0.29, 0.717) is 16.9 Å². The zero-order valence-electron chi connectivity index (χ0n) is 13.9. The molecule has 0 aliphatic carbocycles. The van der Waals surface area contributed by atoms with Gasteiger partial charge in [0.05, 0.1) is 16.8 Å². The van der Waals surface area contributed by atoms with E-state index in [1.807, 2.05) is 20.8 Å². The second-order valence-electron chi connectivity index (χ2n) is 6.59. The van der Waals surface area contributed by atoms with Crippen LogP contribution in [0.3, 0.4) is 0 Å². The largest absolute Gasteiger partial charge is 0.416 e. The van der Waals surface area contributed by atoms with Crippen LogP contribution in [0.5, 0.6) is 0 Å². The molecular weight excluding hydrogens is 366 g/mol. The highest BCUT2D eigenvalue weighted by molar-refractivity contribution is 7.07. The minimum Gasteiger partial charge on any atom is -0.323 e. The first kappa shape index (κ1) is 19.6. The molecule has 0 spiro atoms. The highest BCUT2D eigenvalue weighted by Gasteiger charge is 2.37. The van der Waals surface area contributed by atoms with Gasteiger partial charge in [0, 0.05) is 23.5 Å². The van der Waals surface area contributed by atoms with Crippen LogP contribution in [0.15, 0.2) is 28.6 Å². The van der Waals surface area contributed by atoms with E-state index in [2.05, 4.69) is 4.99 Å². The standard InChI is InChI=1S/C16H16F6N2S/c1-14(2,3)12-8-25-13(24(12)4)23-11-6-9(15(17,18)19)5-10(7-11)16(20,21)22/h5-8H,1-4H3. The van der Waals surface area contributed by atoms with Gasteiger partial charge in [-0.2, -0.15) is 26.3 Å². The van der Waals surface area contributed by atoms with Crippen molar-refractivity contribution in [1.82, 2.24) is 4.57 Å². The summed E-state index contributed by atoms with van der Waals surface area (Å²) in [6, 6.07) is 1.32. The summed E-state index contributed by atoms with van der Waals surface area (Å²) in [6.07, 6.45) is -9.78. The van der Waals surface area contributed by atoms with Gasteiger partial charge in [0.15, 0.2) is 4.80 Å². The molecule has 0 amide bonds. The lowest BCUT2D eigenvalue weighted by Crippen LogP contribution is -2.21. The van der Waals surface area contributed by atoms with Gasteiger partial charge in [-0.1, -0.05) is 20.8 Å². The molecule has 2 aromatic rings. The van der Waals surface area contributed by atoms with E-state index in [4.69, 9.17) is 0 Å². The van der Waals surface area contributed by atoms with Crippen molar-refractivity contribution in [2.24, 2.45) is 12.0 Å². The Morgan fingerprint density at radius 3 is 1.72 bits per heavy atom. The first-order chi connectivity index (χ1) is 11.2. The van der Waals surface area contributed by atoms with Gasteiger partial charge in [0.1, 0.15) is 0 Å². The van der Waals surface area contributed by atoms with Crippen LogP contribution in [0.2, 0.25) is 0 Å². The van der Waals surface area contributed by atoms with Crippen LogP contribution in [0, 0.1) is 0 Å². The Hall–Kier alpha value is -1.77. The molecule has 0 unspecified atom stereocenters. The van der Waals surface area contributed by atoms with E-state index in [9.17, 15) is 26.3 Å². The Morgan fingerprint density at radius 2 is 1.36 bits per heavy atom. The molecule has 0 aliphatic heterocycles. The van der Waals surface area contributed by atoms with Crippen molar-refractivity contribution >= 4 is 17.0 Å². The molecule has 9 heteroatoms. The van der Waals surface area contributed by atoms with Gasteiger partial charge in [0.2, 0.25) is 0 Å². The first-order valence-electron chi connectivity index (χ1n) is 7.19. The average molecular weight is 382 g/mol. The number of benzene rings is 1. The van der Waals surface area contributed by atoms with Crippen LogP contribution in [-0.2, 0) is 24.8 Å². The third kappa shape index (κ3) is 4.45. The van der Waals surface area contributed by atoms with Gasteiger partial charge in [-0.25, -0.2) is 4.99 Å². The van der Waals surface area contributed by atoms with Crippen molar-refractivity contribution in [3.8, 4) is 0 Å². The number of rotatable bonds is 1. The highest BCUT2D eigenvalue weighted by Crippen LogP contribution is 2.38. The second-order valence-corrected chi connectivity index (χ2v) is 7.42. The third-order valence-electron chi connectivity index (χ3n) is 3.49. The van der Waals surface area contributed by atoms with Crippen LogP contribution in [0.25, 0.3) is 0 Å². The molecule has 0 radical (unpaired) electrons. The lowest BCUT2D eigenvalue weighted by molar-refractivity contribution is -0.143. The van der Waals surface area contributed by atoms with E-state index < -0.39 is 23.5 Å². The molecule has 1 aromatic carbocycles. The average Bonchev–Trinajstić information content (AvgIpc) is 2.78. The van der Waals surface area contributed by atoms with Crippen molar-refractivity contribution in [3.05, 3.63) is 45.2 Å². The van der Waals surface area contributed by atoms with Gasteiger partial charge in [-0.3, -0.25) is 0 Å². The van der Waals surface area contributed by atoms with E-state index in [1.54, 1.807) is 17.0 Å². The topological polar surface area (TPSA) is 17.3 Å². The number of hydrogen-bond donors (Lipinski definition) is 0. The zero-order chi connectivity index (χ0) is 19.2. The number of alkyl halides is 6. The van der Waals surface area contributed by atoms with Crippen LogP contribution >= 0.6 is 11.3 Å². The minimum atomic E-state index is -4.89. The Morgan fingerprint density at radius 1 is 0.880 bits per heavy atom. The molecule has 0 N–H and O–H groups in total. The molecule has 25 heavy (non-hydrogen) atoms. The van der Waals surface area contributed by atoms with Crippen molar-refractivity contribution in [2.75, 3.05) is 0 Å². The second kappa shape index (κ2) is 6.19. The van der Waals surface area contributed by atoms with E-state index in [1.165, 1.54) is 0 Å². The van der Waals surface area contributed by atoms with Gasteiger partial charge < -0.3 is 4.57 Å². The molecular formula is C16H16F6N2S. The Labute approximate surface area is 144 Å². The quantitative estimate of drug-likeness (QED) is 0.567. The number of halogens is 6. The molecule has 0 atom stereocenters. The van der Waals surface area contributed by atoms with Crippen LogP contribution in [0.1, 0.15) is 37.6 Å². The van der Waals surface area contributed by atoms with Gasteiger partial charge >= 0.3 is 12.4 Å². The van der Waals surface area contributed by atoms with E-state index in [-0.39, 0.29) is 17.2 Å². The first-order valence-corrected chi connectivity index (χ1v) is 8.07. The Bertz CT molecular complexity index is 802. The minimum absolute atomic E-state index is 0.0913. The summed E-state index contributed by atoms with van der Waals surface area (Å²) in [6.45, 7) is 5.85. The van der Waals surface area contributed by atoms with Crippen LogP contribution in [-0.4, -0.2) is 4.57 Å². The number of thiazole rings is 1. The number of nitrogens with zero attached hydrogens (tertiary/aromatic N) is 2. The molecule has 138 valence electrons. The molecule has 0 aliphatic rings. The molecule has 2 nitrogen and oxygen atoms in total. The molecule has 0 fully saturated rings. The summed E-state index contributed by atoms with van der Waals surface area (Å²) < 4.78 is 79.1. The monoisotopic (exact) mass is 382 g/mol. The smallest absolute Gasteiger partial charge is 0.323 e. The fraction of sp³-hybridized carbons (Fsp3) is 0.438. The van der Waals surface area contributed by atoms with Crippen molar-refractivity contribution in [3.63, 3.8) is 0 Å². The third-order valence-corrected chi connectivity index (χ3v) is 4.41.